The largest absolute Gasteiger partial charge is 0.478 e. The number of aliphatic carboxylic acids is 2. The minimum Gasteiger partial charge on any atom is -0.478 e. The van der Waals surface area contributed by atoms with Crippen molar-refractivity contribution in [1.82, 2.24) is 5.32 Å². The Labute approximate surface area is 176 Å². The van der Waals surface area contributed by atoms with Gasteiger partial charge in [0.15, 0.2) is 0 Å². The van der Waals surface area contributed by atoms with Crippen LogP contribution in [0.25, 0.3) is 0 Å². The Morgan fingerprint density at radius 1 is 0.900 bits per heavy atom. The fraction of sp³-hybridized carbons (Fsp3) is 0.333. The van der Waals surface area contributed by atoms with Gasteiger partial charge in [-0.25, -0.2) is 9.59 Å². The van der Waals surface area contributed by atoms with Crippen molar-refractivity contribution in [3.05, 3.63) is 82.9 Å². The lowest BCUT2D eigenvalue weighted by molar-refractivity contribution is -0.134. The van der Waals surface area contributed by atoms with Crippen LogP contribution in [0.4, 0.5) is 0 Å². The second-order valence-electron chi connectivity index (χ2n) is 7.39. The van der Waals surface area contributed by atoms with Gasteiger partial charge in [0.2, 0.25) is 0 Å². The van der Waals surface area contributed by atoms with E-state index in [1.54, 1.807) is 0 Å². The number of carbonyl (C=O) groups is 2. The molecule has 0 radical (unpaired) electrons. The third-order valence-electron chi connectivity index (χ3n) is 5.29. The molecule has 2 aromatic rings. The molecule has 1 aliphatic carbocycles. The summed E-state index contributed by atoms with van der Waals surface area (Å²) in [5.41, 5.74) is 5.59. The topological polar surface area (TPSA) is 95.9 Å². The molecule has 0 spiro atoms. The van der Waals surface area contributed by atoms with Gasteiger partial charge in [0.1, 0.15) is 6.10 Å². The van der Waals surface area contributed by atoms with E-state index in [9.17, 15) is 9.59 Å². The van der Waals surface area contributed by atoms with E-state index in [0.717, 1.165) is 32.4 Å². The molecule has 1 aliphatic heterocycles. The van der Waals surface area contributed by atoms with E-state index in [1.165, 1.54) is 28.7 Å². The van der Waals surface area contributed by atoms with Crippen LogP contribution in [0.1, 0.15) is 41.2 Å². The van der Waals surface area contributed by atoms with Crippen LogP contribution >= 0.6 is 0 Å². The fourth-order valence-corrected chi connectivity index (χ4v) is 3.89. The van der Waals surface area contributed by atoms with E-state index in [2.05, 4.69) is 53.8 Å². The summed E-state index contributed by atoms with van der Waals surface area (Å²) in [5.74, 6) is -2.51. The highest BCUT2D eigenvalue weighted by molar-refractivity contribution is 5.89. The van der Waals surface area contributed by atoms with Gasteiger partial charge in [-0.1, -0.05) is 48.5 Å². The maximum absolute atomic E-state index is 9.55. The number of carboxylic acid groups (broad SMARTS) is 2. The van der Waals surface area contributed by atoms with E-state index in [1.807, 2.05) is 0 Å². The molecule has 1 atom stereocenters. The summed E-state index contributed by atoms with van der Waals surface area (Å²) in [4.78, 5) is 19.1. The number of benzene rings is 2. The molecule has 0 aromatic heterocycles. The molecule has 1 saturated heterocycles. The van der Waals surface area contributed by atoms with Crippen molar-refractivity contribution in [2.24, 2.45) is 0 Å². The predicted molar refractivity (Wildman–Crippen MR) is 114 cm³/mol. The van der Waals surface area contributed by atoms with E-state index >= 15 is 0 Å². The molecule has 0 saturated carbocycles. The smallest absolute Gasteiger partial charge is 0.328 e. The number of hydrogen-bond donors (Lipinski definition) is 3. The third-order valence-corrected chi connectivity index (χ3v) is 5.29. The van der Waals surface area contributed by atoms with Gasteiger partial charge in [-0.3, -0.25) is 0 Å². The maximum Gasteiger partial charge on any atom is 0.328 e. The molecule has 30 heavy (non-hydrogen) atoms. The van der Waals surface area contributed by atoms with E-state index in [0.29, 0.717) is 18.3 Å². The molecule has 6 nitrogen and oxygen atoms in total. The molecule has 6 heteroatoms. The molecule has 3 N–H and O–H groups in total. The maximum atomic E-state index is 9.55. The Morgan fingerprint density at radius 3 is 1.90 bits per heavy atom. The van der Waals surface area contributed by atoms with Crippen LogP contribution in [0, 0.1) is 0 Å². The Morgan fingerprint density at radius 2 is 1.43 bits per heavy atom. The molecule has 0 amide bonds. The summed E-state index contributed by atoms with van der Waals surface area (Å²) < 4.78 is 6.60. The lowest BCUT2D eigenvalue weighted by Gasteiger charge is -2.29. The monoisotopic (exact) mass is 409 g/mol. The lowest BCUT2D eigenvalue weighted by Crippen LogP contribution is -2.36. The molecule has 1 unspecified atom stereocenters. The Balaban J connectivity index is 0.000000275. The third kappa shape index (κ3) is 6.02. The van der Waals surface area contributed by atoms with Gasteiger partial charge >= 0.3 is 11.9 Å². The molecule has 1 fully saturated rings. The number of piperidine rings is 1. The molecule has 2 aromatic carbocycles. The summed E-state index contributed by atoms with van der Waals surface area (Å²) in [6.45, 7) is 2.10. The van der Waals surface area contributed by atoms with E-state index in [4.69, 9.17) is 14.9 Å². The average molecular weight is 409 g/mol. The summed E-state index contributed by atoms with van der Waals surface area (Å²) in [7, 11) is 0. The zero-order valence-corrected chi connectivity index (χ0v) is 16.8. The van der Waals surface area contributed by atoms with Gasteiger partial charge < -0.3 is 20.3 Å². The van der Waals surface area contributed by atoms with E-state index in [-0.39, 0.29) is 6.10 Å². The molecular formula is C24H27NO5. The SMILES string of the molecule is O=C(O)/C=C/C(=O)O.c1ccc2c(c1)CCc1ccccc1C2OC1CCCNC1. The van der Waals surface area contributed by atoms with Gasteiger partial charge in [-0.15, -0.1) is 0 Å². The zero-order chi connectivity index (χ0) is 21.3. The Bertz CT molecular complexity index is 838. The van der Waals surface area contributed by atoms with Gasteiger partial charge in [-0.2, -0.15) is 0 Å². The quantitative estimate of drug-likeness (QED) is 0.670. The number of nitrogens with one attached hydrogen (secondary N) is 1. The van der Waals surface area contributed by atoms with Crippen molar-refractivity contribution in [3.8, 4) is 0 Å². The average Bonchev–Trinajstić information content (AvgIpc) is 2.91. The van der Waals surface area contributed by atoms with Crippen molar-refractivity contribution in [2.45, 2.75) is 37.9 Å². The number of fused-ring (bicyclic) bond motifs is 2. The first-order valence-corrected chi connectivity index (χ1v) is 10.2. The minimum atomic E-state index is -1.26. The van der Waals surface area contributed by atoms with Crippen LogP contribution in [-0.2, 0) is 27.2 Å². The highest BCUT2D eigenvalue weighted by Gasteiger charge is 2.27. The highest BCUT2D eigenvalue weighted by atomic mass is 16.5. The minimum absolute atomic E-state index is 0.0831. The van der Waals surface area contributed by atoms with Crippen LogP contribution in [0.15, 0.2) is 60.7 Å². The number of carboxylic acids is 2. The second kappa shape index (κ2) is 10.7. The summed E-state index contributed by atoms with van der Waals surface area (Å²) in [6, 6.07) is 17.6. The van der Waals surface area contributed by atoms with Crippen LogP contribution in [0.3, 0.4) is 0 Å². The molecular weight excluding hydrogens is 382 g/mol. The van der Waals surface area contributed by atoms with Gasteiger partial charge in [0, 0.05) is 18.7 Å². The van der Waals surface area contributed by atoms with Gasteiger partial charge in [-0.05, 0) is 54.5 Å². The Hall–Kier alpha value is -2.96. The number of hydrogen-bond acceptors (Lipinski definition) is 4. The first-order valence-electron chi connectivity index (χ1n) is 10.2. The molecule has 0 bridgehead atoms. The van der Waals surface area contributed by atoms with Crippen molar-refractivity contribution < 1.29 is 24.5 Å². The molecule has 1 heterocycles. The van der Waals surface area contributed by atoms with Crippen molar-refractivity contribution in [3.63, 3.8) is 0 Å². The summed E-state index contributed by atoms with van der Waals surface area (Å²) >= 11 is 0. The van der Waals surface area contributed by atoms with Crippen molar-refractivity contribution in [2.75, 3.05) is 13.1 Å². The molecule has 158 valence electrons. The predicted octanol–water partition coefficient (Wildman–Crippen LogP) is 3.36. The normalized spacial score (nSPS) is 18.5. The standard InChI is InChI=1S/C20H23NO.C4H4O4/c1-3-9-18-15(6-1)11-12-16-7-2-4-10-19(16)20(18)22-17-8-5-13-21-14-17;5-3(6)1-2-4(7)8/h1-4,6-7,9-10,17,20-21H,5,8,11-14H2;1-2H,(H,5,6)(H,7,8)/b;2-1+. The summed E-state index contributed by atoms with van der Waals surface area (Å²) in [6.07, 6.45) is 6.10. The highest BCUT2D eigenvalue weighted by Crippen LogP contribution is 2.36. The van der Waals surface area contributed by atoms with Crippen molar-refractivity contribution in [1.29, 1.82) is 0 Å². The van der Waals surface area contributed by atoms with Crippen LogP contribution in [0.2, 0.25) is 0 Å². The Kier molecular flexibility index (Phi) is 7.76. The second-order valence-corrected chi connectivity index (χ2v) is 7.39. The van der Waals surface area contributed by atoms with Crippen LogP contribution in [0.5, 0.6) is 0 Å². The summed E-state index contributed by atoms with van der Waals surface area (Å²) in [5, 5.41) is 19.1. The van der Waals surface area contributed by atoms with Gasteiger partial charge in [0.05, 0.1) is 6.10 Å². The van der Waals surface area contributed by atoms with Crippen LogP contribution in [-0.4, -0.2) is 41.3 Å². The fourth-order valence-electron chi connectivity index (χ4n) is 3.89. The first kappa shape index (κ1) is 21.7. The van der Waals surface area contributed by atoms with Crippen LogP contribution < -0.4 is 5.32 Å². The number of aryl methyl sites for hydroxylation is 2. The molecule has 2 aliphatic rings. The van der Waals surface area contributed by atoms with E-state index < -0.39 is 11.9 Å². The zero-order valence-electron chi connectivity index (χ0n) is 16.8. The molecule has 4 rings (SSSR count). The number of rotatable bonds is 4. The lowest BCUT2D eigenvalue weighted by atomic mass is 9.96. The van der Waals surface area contributed by atoms with Gasteiger partial charge in [0.25, 0.3) is 0 Å². The number of ether oxygens (including phenoxy) is 1. The van der Waals surface area contributed by atoms with Crippen molar-refractivity contribution >= 4 is 11.9 Å². The first-order chi connectivity index (χ1) is 14.5.